The topological polar surface area (TPSA) is 24.9 Å². The van der Waals surface area contributed by atoms with Crippen LogP contribution in [0.4, 0.5) is 0 Å². The van der Waals surface area contributed by atoms with Crippen LogP contribution in [0.5, 0.6) is 0 Å². The molecule has 3 heteroatoms. The minimum atomic E-state index is 0.372. The molecule has 0 fully saturated rings. The molecule has 90 valence electrons. The molecule has 0 aliphatic rings. The predicted molar refractivity (Wildman–Crippen MR) is 73.3 cm³/mol. The highest BCUT2D eigenvalue weighted by Crippen LogP contribution is 2.16. The van der Waals surface area contributed by atoms with Crippen molar-refractivity contribution in [3.05, 3.63) is 51.5 Å². The molecule has 2 aromatic rings. The lowest BCUT2D eigenvalue weighted by atomic mass is 10.1. The summed E-state index contributed by atoms with van der Waals surface area (Å²) >= 11 is 1.72. The van der Waals surface area contributed by atoms with Gasteiger partial charge in [0.15, 0.2) is 0 Å². The smallest absolute Gasteiger partial charge is 0.0798 e. The van der Waals surface area contributed by atoms with Crippen molar-refractivity contribution < 1.29 is 0 Å². The van der Waals surface area contributed by atoms with Crippen molar-refractivity contribution in [3.63, 3.8) is 0 Å². The molecule has 0 unspecified atom stereocenters. The molecule has 0 amide bonds. The molecule has 1 aromatic carbocycles. The van der Waals surface area contributed by atoms with Gasteiger partial charge in [-0.25, -0.2) is 4.98 Å². The van der Waals surface area contributed by atoms with Gasteiger partial charge in [-0.2, -0.15) is 0 Å². The lowest BCUT2D eigenvalue weighted by Gasteiger charge is -2.14. The molecular weight excluding hydrogens is 228 g/mol. The van der Waals surface area contributed by atoms with Crippen molar-refractivity contribution >= 4 is 11.3 Å². The summed E-state index contributed by atoms with van der Waals surface area (Å²) in [7, 11) is 0. The highest BCUT2D eigenvalue weighted by atomic mass is 32.1. The van der Waals surface area contributed by atoms with E-state index in [0.717, 1.165) is 12.2 Å². The normalized spacial score (nSPS) is 12.6. The highest BCUT2D eigenvalue weighted by molar-refractivity contribution is 7.09. The third kappa shape index (κ3) is 3.14. The SMILES string of the molecule is Cc1ccc([C@@H](C)NCc2scnc2C)cc1. The molecule has 2 nitrogen and oxygen atoms in total. The molecular formula is C14H18N2S. The number of rotatable bonds is 4. The van der Waals surface area contributed by atoms with E-state index in [9.17, 15) is 0 Å². The van der Waals surface area contributed by atoms with E-state index in [1.54, 1.807) is 11.3 Å². The second kappa shape index (κ2) is 5.43. The Labute approximate surface area is 107 Å². The Bertz CT molecular complexity index is 473. The van der Waals surface area contributed by atoms with Crippen molar-refractivity contribution in [2.75, 3.05) is 0 Å². The second-order valence-corrected chi connectivity index (χ2v) is 5.31. The van der Waals surface area contributed by atoms with Crippen LogP contribution >= 0.6 is 11.3 Å². The van der Waals surface area contributed by atoms with E-state index >= 15 is 0 Å². The molecule has 1 N–H and O–H groups in total. The molecule has 0 radical (unpaired) electrons. The van der Waals surface area contributed by atoms with Gasteiger partial charge in [0.05, 0.1) is 11.2 Å². The van der Waals surface area contributed by atoms with Crippen LogP contribution in [-0.2, 0) is 6.54 Å². The first-order valence-electron chi connectivity index (χ1n) is 5.85. The maximum Gasteiger partial charge on any atom is 0.0798 e. The summed E-state index contributed by atoms with van der Waals surface area (Å²) in [6, 6.07) is 9.06. The zero-order valence-electron chi connectivity index (χ0n) is 10.5. The van der Waals surface area contributed by atoms with Crippen molar-refractivity contribution in [2.45, 2.75) is 33.4 Å². The number of thiazole rings is 1. The van der Waals surface area contributed by atoms with Crippen molar-refractivity contribution in [1.29, 1.82) is 0 Å². The maximum atomic E-state index is 4.26. The van der Waals surface area contributed by atoms with E-state index in [2.05, 4.69) is 55.3 Å². The van der Waals surface area contributed by atoms with Crippen LogP contribution in [0.2, 0.25) is 0 Å². The van der Waals surface area contributed by atoms with E-state index < -0.39 is 0 Å². The van der Waals surface area contributed by atoms with Gasteiger partial charge < -0.3 is 5.32 Å². The van der Waals surface area contributed by atoms with E-state index in [-0.39, 0.29) is 0 Å². The van der Waals surface area contributed by atoms with Crippen LogP contribution in [0.3, 0.4) is 0 Å². The lowest BCUT2D eigenvalue weighted by Crippen LogP contribution is -2.17. The molecule has 0 bridgehead atoms. The van der Waals surface area contributed by atoms with Crippen LogP contribution in [0, 0.1) is 13.8 Å². The Hall–Kier alpha value is -1.19. The Morgan fingerprint density at radius 2 is 1.94 bits per heavy atom. The number of aryl methyl sites for hydroxylation is 2. The fraction of sp³-hybridized carbons (Fsp3) is 0.357. The standard InChI is InChI=1S/C14H18N2S/c1-10-4-6-13(7-5-10)11(2)15-8-14-12(3)16-9-17-14/h4-7,9,11,15H,8H2,1-3H3/t11-/m1/s1. The largest absolute Gasteiger partial charge is 0.305 e. The van der Waals surface area contributed by atoms with Gasteiger partial charge in [0.1, 0.15) is 0 Å². The summed E-state index contributed by atoms with van der Waals surface area (Å²) in [6.07, 6.45) is 0. The van der Waals surface area contributed by atoms with E-state index in [0.29, 0.717) is 6.04 Å². The molecule has 2 rings (SSSR count). The predicted octanol–water partition coefficient (Wildman–Crippen LogP) is 3.61. The number of hydrogen-bond acceptors (Lipinski definition) is 3. The van der Waals surface area contributed by atoms with Gasteiger partial charge in [-0.05, 0) is 26.3 Å². The molecule has 0 spiro atoms. The third-order valence-electron chi connectivity index (χ3n) is 2.99. The van der Waals surface area contributed by atoms with Crippen molar-refractivity contribution in [1.82, 2.24) is 10.3 Å². The summed E-state index contributed by atoms with van der Waals surface area (Å²) in [5.41, 5.74) is 5.68. The average molecular weight is 246 g/mol. The summed E-state index contributed by atoms with van der Waals surface area (Å²) in [6.45, 7) is 7.26. The van der Waals surface area contributed by atoms with Gasteiger partial charge in [0.25, 0.3) is 0 Å². The van der Waals surface area contributed by atoms with Gasteiger partial charge in [0, 0.05) is 17.5 Å². The second-order valence-electron chi connectivity index (χ2n) is 4.37. The highest BCUT2D eigenvalue weighted by Gasteiger charge is 2.06. The number of nitrogens with one attached hydrogen (secondary N) is 1. The van der Waals surface area contributed by atoms with Crippen LogP contribution in [0.1, 0.15) is 34.7 Å². The van der Waals surface area contributed by atoms with Gasteiger partial charge in [-0.3, -0.25) is 0 Å². The van der Waals surface area contributed by atoms with Crippen LogP contribution in [-0.4, -0.2) is 4.98 Å². The van der Waals surface area contributed by atoms with Crippen molar-refractivity contribution in [3.8, 4) is 0 Å². The molecule has 0 saturated heterocycles. The molecule has 1 atom stereocenters. The van der Waals surface area contributed by atoms with Gasteiger partial charge in [-0.15, -0.1) is 11.3 Å². The third-order valence-corrected chi connectivity index (χ3v) is 3.93. The van der Waals surface area contributed by atoms with Gasteiger partial charge >= 0.3 is 0 Å². The van der Waals surface area contributed by atoms with Crippen LogP contribution in [0.15, 0.2) is 29.8 Å². The van der Waals surface area contributed by atoms with Crippen LogP contribution < -0.4 is 5.32 Å². The molecule has 0 aliphatic carbocycles. The number of aromatic nitrogens is 1. The summed E-state index contributed by atoms with van der Waals surface area (Å²) < 4.78 is 0. The molecule has 1 heterocycles. The van der Waals surface area contributed by atoms with E-state index in [4.69, 9.17) is 0 Å². The van der Waals surface area contributed by atoms with Crippen molar-refractivity contribution in [2.24, 2.45) is 0 Å². The zero-order chi connectivity index (χ0) is 12.3. The zero-order valence-corrected chi connectivity index (χ0v) is 11.3. The monoisotopic (exact) mass is 246 g/mol. The first-order chi connectivity index (χ1) is 8.16. The minimum Gasteiger partial charge on any atom is -0.305 e. The first-order valence-corrected chi connectivity index (χ1v) is 6.73. The van der Waals surface area contributed by atoms with Gasteiger partial charge in [-0.1, -0.05) is 29.8 Å². The van der Waals surface area contributed by atoms with Crippen LogP contribution in [0.25, 0.3) is 0 Å². The van der Waals surface area contributed by atoms with Gasteiger partial charge in [0.2, 0.25) is 0 Å². The molecule has 17 heavy (non-hydrogen) atoms. The Balaban J connectivity index is 1.95. The van der Waals surface area contributed by atoms with E-state index in [1.165, 1.54) is 16.0 Å². The number of benzene rings is 1. The maximum absolute atomic E-state index is 4.26. The summed E-state index contributed by atoms with van der Waals surface area (Å²) in [5, 5.41) is 3.53. The first kappa shape index (κ1) is 12.3. The fourth-order valence-electron chi connectivity index (χ4n) is 1.71. The fourth-order valence-corrected chi connectivity index (χ4v) is 2.44. The number of nitrogens with zero attached hydrogens (tertiary/aromatic N) is 1. The lowest BCUT2D eigenvalue weighted by molar-refractivity contribution is 0.577. The van der Waals surface area contributed by atoms with E-state index in [1.807, 2.05) is 5.51 Å². The molecule has 0 aliphatic heterocycles. The molecule has 1 aromatic heterocycles. The average Bonchev–Trinajstić information content (AvgIpc) is 2.73. The Morgan fingerprint density at radius 3 is 2.53 bits per heavy atom. The molecule has 0 saturated carbocycles. The number of hydrogen-bond donors (Lipinski definition) is 1. The summed E-state index contributed by atoms with van der Waals surface area (Å²) in [4.78, 5) is 5.58. The Morgan fingerprint density at radius 1 is 1.24 bits per heavy atom. The summed E-state index contributed by atoms with van der Waals surface area (Å²) in [5.74, 6) is 0. The Kier molecular flexibility index (Phi) is 3.92. The quantitative estimate of drug-likeness (QED) is 0.891. The minimum absolute atomic E-state index is 0.372.